The molecule has 0 saturated heterocycles. The van der Waals surface area contributed by atoms with Gasteiger partial charge in [-0.1, -0.05) is 5.16 Å². The summed E-state index contributed by atoms with van der Waals surface area (Å²) in [6.45, 7) is 8.14. The second-order valence-corrected chi connectivity index (χ2v) is 10.8. The molecule has 4 fully saturated rings. The van der Waals surface area contributed by atoms with Crippen LogP contribution in [-0.4, -0.2) is 28.5 Å². The number of anilines is 1. The minimum atomic E-state index is -3.23. The van der Waals surface area contributed by atoms with Crippen LogP contribution in [0, 0.1) is 23.7 Å². The van der Waals surface area contributed by atoms with E-state index in [0.29, 0.717) is 45.4 Å². The maximum atomic E-state index is 14.3. The van der Waals surface area contributed by atoms with Crippen LogP contribution in [0.4, 0.5) is 33.3 Å². The van der Waals surface area contributed by atoms with Crippen molar-refractivity contribution in [2.24, 2.45) is 11.3 Å². The van der Waals surface area contributed by atoms with E-state index in [4.69, 9.17) is 11.1 Å². The van der Waals surface area contributed by atoms with Gasteiger partial charge in [0.25, 0.3) is 5.89 Å². The van der Waals surface area contributed by atoms with Gasteiger partial charge in [-0.05, 0) is 62.1 Å². The van der Waals surface area contributed by atoms with Crippen LogP contribution in [0.25, 0.3) is 4.85 Å². The molecule has 0 unspecified atom stereocenters. The Morgan fingerprint density at radius 1 is 1.17 bits per heavy atom. The molecule has 0 atom stereocenters. The van der Waals surface area contributed by atoms with Gasteiger partial charge in [-0.25, -0.2) is 18.0 Å². The van der Waals surface area contributed by atoms with Gasteiger partial charge in [0.15, 0.2) is 11.5 Å². The maximum Gasteiger partial charge on any atom is 0.322 e. The van der Waals surface area contributed by atoms with Crippen molar-refractivity contribution in [3.8, 4) is 0 Å². The largest absolute Gasteiger partial charge is 0.333 e. The Bertz CT molecular complexity index is 1200. The van der Waals surface area contributed by atoms with Gasteiger partial charge in [0.2, 0.25) is 11.8 Å². The van der Waals surface area contributed by atoms with Crippen molar-refractivity contribution in [3.63, 3.8) is 0 Å². The van der Waals surface area contributed by atoms with Crippen LogP contribution in [-0.2, 0) is 16.1 Å². The molecule has 2 bridgehead atoms. The number of halogens is 5. The van der Waals surface area contributed by atoms with Crippen LogP contribution < -0.4 is 4.90 Å². The topological polar surface area (TPSA) is 63.6 Å². The molecule has 6 nitrogen and oxygen atoms in total. The molecule has 192 valence electrons. The summed E-state index contributed by atoms with van der Waals surface area (Å²) in [4.78, 5) is 22.0. The molecule has 1 aromatic heterocycles. The Balaban J connectivity index is 1.39. The van der Waals surface area contributed by atoms with Crippen molar-refractivity contribution in [2.45, 2.75) is 75.6 Å². The lowest BCUT2D eigenvalue weighted by atomic mass is 9.53. The van der Waals surface area contributed by atoms with Crippen LogP contribution in [0.15, 0.2) is 22.7 Å². The molecule has 0 radical (unpaired) electrons. The fourth-order valence-electron chi connectivity index (χ4n) is 5.92. The fraction of sp³-hybridized carbons (Fsp3) is 0.600. The molecule has 0 N–H and O–H groups in total. The lowest BCUT2D eigenvalue weighted by molar-refractivity contribution is -0.148. The minimum absolute atomic E-state index is 0.0196. The number of amides is 1. The molecule has 4 aliphatic carbocycles. The zero-order valence-corrected chi connectivity index (χ0v) is 19.7. The zero-order chi connectivity index (χ0) is 25.9. The number of benzene rings is 1. The zero-order valence-electron chi connectivity index (χ0n) is 19.7. The number of hydrogen-bond acceptors (Lipinski definition) is 4. The van der Waals surface area contributed by atoms with E-state index in [9.17, 15) is 26.7 Å². The Labute approximate surface area is 204 Å². The second-order valence-electron chi connectivity index (χ2n) is 10.8. The number of hydrogen-bond donors (Lipinski definition) is 0. The smallest absolute Gasteiger partial charge is 0.322 e. The van der Waals surface area contributed by atoms with Crippen molar-refractivity contribution in [2.75, 3.05) is 11.4 Å². The number of nitrogens with zero attached hydrogens (tertiary/aromatic N) is 4. The molecule has 0 aliphatic heterocycles. The van der Waals surface area contributed by atoms with Crippen LogP contribution in [0.5, 0.6) is 0 Å². The molecule has 11 heteroatoms. The van der Waals surface area contributed by atoms with E-state index >= 15 is 0 Å². The first-order chi connectivity index (χ1) is 16.8. The number of fused-ring (bicyclic) bond motifs is 3. The molecule has 2 aromatic rings. The van der Waals surface area contributed by atoms with Crippen molar-refractivity contribution in [1.82, 2.24) is 10.1 Å². The van der Waals surface area contributed by atoms with Gasteiger partial charge in [0.05, 0.1) is 6.57 Å². The van der Waals surface area contributed by atoms with Crippen LogP contribution in [0.3, 0.4) is 0 Å². The monoisotopic (exact) mass is 508 g/mol. The van der Waals surface area contributed by atoms with Crippen molar-refractivity contribution < 1.29 is 31.3 Å². The van der Waals surface area contributed by atoms with Gasteiger partial charge < -0.3 is 9.42 Å². The number of aromatic nitrogens is 2. The molecule has 4 aliphatic rings. The third-order valence-corrected chi connectivity index (χ3v) is 8.18. The third-order valence-electron chi connectivity index (χ3n) is 8.18. The molecular weight excluding hydrogens is 483 g/mol. The van der Waals surface area contributed by atoms with E-state index < -0.39 is 53.6 Å². The molecule has 1 aromatic carbocycles. The Morgan fingerprint density at radius 2 is 1.81 bits per heavy atom. The van der Waals surface area contributed by atoms with E-state index in [1.807, 2.05) is 0 Å². The molecule has 0 spiro atoms. The van der Waals surface area contributed by atoms with Gasteiger partial charge in [0, 0.05) is 43.3 Å². The number of rotatable bonds is 6. The van der Waals surface area contributed by atoms with Crippen molar-refractivity contribution >= 4 is 17.3 Å². The average Bonchev–Trinajstić information content (AvgIpc) is 3.33. The van der Waals surface area contributed by atoms with Gasteiger partial charge in [0.1, 0.15) is 5.82 Å². The first-order valence-corrected chi connectivity index (χ1v) is 11.9. The summed E-state index contributed by atoms with van der Waals surface area (Å²) in [7, 11) is 0. The summed E-state index contributed by atoms with van der Waals surface area (Å²) in [5.74, 6) is -8.61. The van der Waals surface area contributed by atoms with E-state index in [1.165, 1.54) is 11.0 Å². The predicted octanol–water partition coefficient (Wildman–Crippen LogP) is 6.54. The summed E-state index contributed by atoms with van der Waals surface area (Å²) < 4.78 is 73.4. The SMILES string of the molecule is [C-]#[N+]c1cc(F)cc(N(CC23CCC(c4noc(C(C)(F)F)n4)(CC2)CC3)C(=O)C2CC(F)(F)C2)c1. The maximum absolute atomic E-state index is 14.3. The molecular formula is C25H25F5N4O2. The third kappa shape index (κ3) is 4.35. The fourth-order valence-corrected chi connectivity index (χ4v) is 5.92. The lowest BCUT2D eigenvalue weighted by Crippen LogP contribution is -2.54. The van der Waals surface area contributed by atoms with Crippen molar-refractivity contribution in [3.05, 3.63) is 47.1 Å². The first-order valence-electron chi connectivity index (χ1n) is 11.9. The van der Waals surface area contributed by atoms with Gasteiger partial charge in [-0.3, -0.25) is 4.79 Å². The highest BCUT2D eigenvalue weighted by Crippen LogP contribution is 2.58. The van der Waals surface area contributed by atoms with Gasteiger partial charge in [-0.15, -0.1) is 0 Å². The normalized spacial score (nSPS) is 27.4. The summed E-state index contributed by atoms with van der Waals surface area (Å²) in [5.41, 5.74) is -0.636. The number of carbonyl (C=O) groups is 1. The minimum Gasteiger partial charge on any atom is -0.333 e. The Morgan fingerprint density at radius 3 is 2.33 bits per heavy atom. The van der Waals surface area contributed by atoms with E-state index in [2.05, 4.69) is 15.0 Å². The van der Waals surface area contributed by atoms with E-state index in [-0.39, 0.29) is 29.2 Å². The Hall–Kier alpha value is -3.03. The molecule has 36 heavy (non-hydrogen) atoms. The highest BCUT2D eigenvalue weighted by atomic mass is 19.3. The number of carbonyl (C=O) groups excluding carboxylic acids is 1. The van der Waals surface area contributed by atoms with Gasteiger partial charge >= 0.3 is 5.92 Å². The standard InChI is InChI=1S/C25H25F5N4O2/c1-22(27,28)21-32-20(33-36-21)24-6-3-23(4-7-24,5-8-24)14-34(19(35)15-12-25(29,30)13-15)18-10-16(26)9-17(11-18)31-2/h9-11,15H,3-8,12-14H2,1H3. The molecule has 1 heterocycles. The quantitative estimate of drug-likeness (QED) is 0.328. The van der Waals surface area contributed by atoms with Crippen LogP contribution in [0.1, 0.15) is 70.0 Å². The predicted molar refractivity (Wildman–Crippen MR) is 118 cm³/mol. The second kappa shape index (κ2) is 8.25. The first kappa shape index (κ1) is 24.7. The molecule has 4 saturated carbocycles. The highest BCUT2D eigenvalue weighted by Gasteiger charge is 2.55. The molecule has 1 amide bonds. The summed E-state index contributed by atoms with van der Waals surface area (Å²) >= 11 is 0. The number of alkyl halides is 4. The summed E-state index contributed by atoms with van der Waals surface area (Å²) in [6, 6.07) is 3.62. The van der Waals surface area contributed by atoms with E-state index in [0.717, 1.165) is 12.1 Å². The Kier molecular flexibility index (Phi) is 5.65. The van der Waals surface area contributed by atoms with E-state index in [1.54, 1.807) is 0 Å². The lowest BCUT2D eigenvalue weighted by Gasteiger charge is -2.53. The van der Waals surface area contributed by atoms with Crippen LogP contribution >= 0.6 is 0 Å². The highest BCUT2D eigenvalue weighted by molar-refractivity contribution is 5.96. The summed E-state index contributed by atoms with van der Waals surface area (Å²) in [6.07, 6.45) is 2.60. The molecule has 6 rings (SSSR count). The van der Waals surface area contributed by atoms with Gasteiger partial charge in [-0.2, -0.15) is 13.8 Å². The average molecular weight is 508 g/mol. The summed E-state index contributed by atoms with van der Waals surface area (Å²) in [5, 5.41) is 3.85. The van der Waals surface area contributed by atoms with Crippen molar-refractivity contribution in [1.29, 1.82) is 0 Å². The van der Waals surface area contributed by atoms with Crippen LogP contribution in [0.2, 0.25) is 0 Å².